The first kappa shape index (κ1) is 12.3. The van der Waals surface area contributed by atoms with Crippen LogP contribution in [0.1, 0.15) is 11.1 Å². The topological polar surface area (TPSA) is 41.6 Å². The second-order valence-corrected chi connectivity index (χ2v) is 5.55. The third kappa shape index (κ3) is 1.95. The number of carbonyl (C=O) groups is 1. The standard InChI is InChI=1S/C17H16N2O2/c1-19-10-13-9-12(5-6-15(13)18-17(19)20)14-4-2-3-11-7-8-21-16(11)14/h2-6,9H,7-8,10H2,1H3,(H,18,20). The Balaban J connectivity index is 1.80. The molecule has 1 N–H and O–H groups in total. The van der Waals surface area contributed by atoms with Crippen molar-refractivity contribution in [2.75, 3.05) is 19.0 Å². The van der Waals surface area contributed by atoms with Crippen LogP contribution in [0.15, 0.2) is 36.4 Å². The van der Waals surface area contributed by atoms with Gasteiger partial charge in [0.2, 0.25) is 0 Å². The van der Waals surface area contributed by atoms with E-state index in [1.807, 2.05) is 12.1 Å². The molecular weight excluding hydrogens is 264 g/mol. The Bertz CT molecular complexity index is 740. The van der Waals surface area contributed by atoms with Gasteiger partial charge in [0.15, 0.2) is 0 Å². The molecule has 0 fully saturated rings. The van der Waals surface area contributed by atoms with Gasteiger partial charge in [0.1, 0.15) is 5.75 Å². The van der Waals surface area contributed by atoms with E-state index in [1.165, 1.54) is 5.56 Å². The number of benzene rings is 2. The number of hydrogen-bond acceptors (Lipinski definition) is 2. The maximum atomic E-state index is 11.7. The van der Waals surface area contributed by atoms with Crippen LogP contribution in [0, 0.1) is 0 Å². The molecule has 0 radical (unpaired) electrons. The zero-order valence-electron chi connectivity index (χ0n) is 11.8. The van der Waals surface area contributed by atoms with Gasteiger partial charge in [0.25, 0.3) is 0 Å². The lowest BCUT2D eigenvalue weighted by molar-refractivity contribution is 0.218. The number of fused-ring (bicyclic) bond motifs is 2. The second kappa shape index (κ2) is 4.52. The van der Waals surface area contributed by atoms with Gasteiger partial charge in [0, 0.05) is 31.3 Å². The Labute approximate surface area is 123 Å². The number of nitrogens with one attached hydrogen (secondary N) is 1. The van der Waals surface area contributed by atoms with E-state index in [1.54, 1.807) is 11.9 Å². The first-order chi connectivity index (χ1) is 10.2. The monoisotopic (exact) mass is 280 g/mol. The summed E-state index contributed by atoms with van der Waals surface area (Å²) in [6.07, 6.45) is 0.979. The Kier molecular flexibility index (Phi) is 2.64. The van der Waals surface area contributed by atoms with Crippen molar-refractivity contribution in [3.05, 3.63) is 47.5 Å². The van der Waals surface area contributed by atoms with Crippen LogP contribution >= 0.6 is 0 Å². The van der Waals surface area contributed by atoms with Crippen LogP contribution in [-0.2, 0) is 13.0 Å². The molecule has 0 atom stereocenters. The minimum absolute atomic E-state index is 0.0563. The molecule has 4 nitrogen and oxygen atoms in total. The molecule has 0 unspecified atom stereocenters. The third-order valence-corrected chi connectivity index (χ3v) is 4.13. The fourth-order valence-corrected chi connectivity index (χ4v) is 2.99. The average molecular weight is 280 g/mol. The molecule has 0 aliphatic carbocycles. The van der Waals surface area contributed by atoms with Gasteiger partial charge < -0.3 is 15.0 Å². The van der Waals surface area contributed by atoms with Crippen molar-refractivity contribution in [1.29, 1.82) is 0 Å². The lowest BCUT2D eigenvalue weighted by Crippen LogP contribution is -2.35. The summed E-state index contributed by atoms with van der Waals surface area (Å²) in [6.45, 7) is 1.39. The van der Waals surface area contributed by atoms with Gasteiger partial charge in [-0.3, -0.25) is 0 Å². The molecule has 0 spiro atoms. The highest BCUT2D eigenvalue weighted by Crippen LogP contribution is 2.38. The molecule has 0 saturated carbocycles. The van der Waals surface area contributed by atoms with Crippen LogP contribution in [0.25, 0.3) is 11.1 Å². The summed E-state index contributed by atoms with van der Waals surface area (Å²) in [5.74, 6) is 1.01. The Morgan fingerprint density at radius 3 is 3.00 bits per heavy atom. The van der Waals surface area contributed by atoms with Crippen LogP contribution in [0.5, 0.6) is 5.75 Å². The number of nitrogens with zero attached hydrogens (tertiary/aromatic N) is 1. The van der Waals surface area contributed by atoms with Crippen LogP contribution < -0.4 is 10.1 Å². The summed E-state index contributed by atoms with van der Waals surface area (Å²) in [4.78, 5) is 13.3. The van der Waals surface area contributed by atoms with Gasteiger partial charge in [-0.1, -0.05) is 24.3 Å². The molecule has 0 aromatic heterocycles. The molecule has 2 amide bonds. The van der Waals surface area contributed by atoms with E-state index in [-0.39, 0.29) is 6.03 Å². The van der Waals surface area contributed by atoms with E-state index in [0.717, 1.165) is 41.2 Å². The van der Waals surface area contributed by atoms with Crippen molar-refractivity contribution >= 4 is 11.7 Å². The second-order valence-electron chi connectivity index (χ2n) is 5.55. The van der Waals surface area contributed by atoms with Crippen LogP contribution in [0.2, 0.25) is 0 Å². The van der Waals surface area contributed by atoms with E-state index in [0.29, 0.717) is 6.54 Å². The molecule has 2 heterocycles. The highest BCUT2D eigenvalue weighted by Gasteiger charge is 2.21. The van der Waals surface area contributed by atoms with Crippen LogP contribution in [-0.4, -0.2) is 24.6 Å². The molecule has 2 aliphatic rings. The van der Waals surface area contributed by atoms with Gasteiger partial charge in [-0.25, -0.2) is 4.79 Å². The number of hydrogen-bond donors (Lipinski definition) is 1. The predicted molar refractivity (Wildman–Crippen MR) is 81.6 cm³/mol. The number of rotatable bonds is 1. The number of anilines is 1. The highest BCUT2D eigenvalue weighted by molar-refractivity contribution is 5.93. The molecule has 2 aromatic carbocycles. The minimum Gasteiger partial charge on any atom is -0.492 e. The molecule has 2 aliphatic heterocycles. The zero-order valence-corrected chi connectivity index (χ0v) is 11.8. The molecule has 0 saturated heterocycles. The Morgan fingerprint density at radius 1 is 1.19 bits per heavy atom. The SMILES string of the molecule is CN1Cc2cc(-c3cccc4c3OCC4)ccc2NC1=O. The third-order valence-electron chi connectivity index (χ3n) is 4.13. The molecule has 106 valence electrons. The van der Waals surface area contributed by atoms with Crippen molar-refractivity contribution in [3.63, 3.8) is 0 Å². The maximum absolute atomic E-state index is 11.7. The predicted octanol–water partition coefficient (Wildman–Crippen LogP) is 3.27. The van der Waals surface area contributed by atoms with E-state index in [4.69, 9.17) is 4.74 Å². The minimum atomic E-state index is -0.0563. The molecule has 21 heavy (non-hydrogen) atoms. The van der Waals surface area contributed by atoms with E-state index < -0.39 is 0 Å². The van der Waals surface area contributed by atoms with Gasteiger partial charge in [-0.2, -0.15) is 0 Å². The largest absolute Gasteiger partial charge is 0.492 e. The van der Waals surface area contributed by atoms with Crippen molar-refractivity contribution in [1.82, 2.24) is 4.90 Å². The van der Waals surface area contributed by atoms with Crippen molar-refractivity contribution in [3.8, 4) is 16.9 Å². The van der Waals surface area contributed by atoms with Gasteiger partial charge in [0.05, 0.1) is 6.61 Å². The average Bonchev–Trinajstić information content (AvgIpc) is 2.96. The van der Waals surface area contributed by atoms with E-state index >= 15 is 0 Å². The van der Waals surface area contributed by atoms with Crippen LogP contribution in [0.4, 0.5) is 10.5 Å². The van der Waals surface area contributed by atoms with Crippen molar-refractivity contribution in [2.24, 2.45) is 0 Å². The number of ether oxygens (including phenoxy) is 1. The van der Waals surface area contributed by atoms with E-state index in [2.05, 4.69) is 29.6 Å². The summed E-state index contributed by atoms with van der Waals surface area (Å²) in [5.41, 5.74) is 5.57. The quantitative estimate of drug-likeness (QED) is 0.871. The maximum Gasteiger partial charge on any atom is 0.321 e. The summed E-state index contributed by atoms with van der Waals surface area (Å²) in [6, 6.07) is 12.4. The Morgan fingerprint density at radius 2 is 2.10 bits per heavy atom. The summed E-state index contributed by atoms with van der Waals surface area (Å²) >= 11 is 0. The van der Waals surface area contributed by atoms with Gasteiger partial charge in [-0.05, 0) is 28.8 Å². The van der Waals surface area contributed by atoms with Gasteiger partial charge in [-0.15, -0.1) is 0 Å². The first-order valence-electron chi connectivity index (χ1n) is 7.12. The Hall–Kier alpha value is -2.49. The van der Waals surface area contributed by atoms with E-state index in [9.17, 15) is 4.79 Å². The number of urea groups is 1. The fourth-order valence-electron chi connectivity index (χ4n) is 2.99. The van der Waals surface area contributed by atoms with Gasteiger partial charge >= 0.3 is 6.03 Å². The fraction of sp³-hybridized carbons (Fsp3) is 0.235. The molecule has 0 bridgehead atoms. The number of amides is 2. The van der Waals surface area contributed by atoms with Crippen molar-refractivity contribution in [2.45, 2.75) is 13.0 Å². The first-order valence-corrected chi connectivity index (χ1v) is 7.12. The number of carbonyl (C=O) groups excluding carboxylic acids is 1. The summed E-state index contributed by atoms with van der Waals surface area (Å²) in [7, 11) is 1.80. The molecule has 4 rings (SSSR count). The lowest BCUT2D eigenvalue weighted by Gasteiger charge is -2.26. The molecule has 2 aromatic rings. The molecular formula is C17H16N2O2. The van der Waals surface area contributed by atoms with Crippen LogP contribution in [0.3, 0.4) is 0 Å². The number of para-hydroxylation sites is 1. The smallest absolute Gasteiger partial charge is 0.321 e. The summed E-state index contributed by atoms with van der Waals surface area (Å²) < 4.78 is 5.79. The van der Waals surface area contributed by atoms with Crippen molar-refractivity contribution < 1.29 is 9.53 Å². The summed E-state index contributed by atoms with van der Waals surface area (Å²) in [5, 5.41) is 2.90. The highest BCUT2D eigenvalue weighted by atomic mass is 16.5. The zero-order chi connectivity index (χ0) is 14.4. The lowest BCUT2D eigenvalue weighted by atomic mass is 9.98. The molecule has 4 heteroatoms. The normalized spacial score (nSPS) is 16.0.